The van der Waals surface area contributed by atoms with E-state index in [1.165, 1.54) is 11.8 Å². The van der Waals surface area contributed by atoms with Crippen LogP contribution >= 0.6 is 23.1 Å². The van der Waals surface area contributed by atoms with Crippen molar-refractivity contribution in [3.63, 3.8) is 0 Å². The lowest BCUT2D eigenvalue weighted by atomic mass is 9.95. The number of para-hydroxylation sites is 1. The van der Waals surface area contributed by atoms with Gasteiger partial charge in [-0.2, -0.15) is 5.26 Å². The first kappa shape index (κ1) is 14.1. The van der Waals surface area contributed by atoms with Crippen molar-refractivity contribution in [2.45, 2.75) is 9.88 Å². The summed E-state index contributed by atoms with van der Waals surface area (Å²) in [5.41, 5.74) is 7.08. The summed E-state index contributed by atoms with van der Waals surface area (Å²) in [6.07, 6.45) is 0. The molecule has 1 atom stereocenters. The summed E-state index contributed by atoms with van der Waals surface area (Å²) in [5, 5.41) is 9.45. The molecule has 3 aromatic rings. The highest BCUT2D eigenvalue weighted by atomic mass is 32.2. The molecule has 0 aliphatic rings. The lowest BCUT2D eigenvalue weighted by Crippen LogP contribution is -2.37. The van der Waals surface area contributed by atoms with Gasteiger partial charge in [0.1, 0.15) is 5.54 Å². The third kappa shape index (κ3) is 2.93. The van der Waals surface area contributed by atoms with E-state index in [0.717, 1.165) is 20.1 Å². The molecule has 5 heteroatoms. The second-order valence-corrected chi connectivity index (χ2v) is 6.94. The average molecular weight is 311 g/mol. The van der Waals surface area contributed by atoms with Crippen LogP contribution in [0.4, 0.5) is 0 Å². The number of nitrogens with zero attached hydrogens (tertiary/aromatic N) is 2. The van der Waals surface area contributed by atoms with Crippen LogP contribution in [-0.4, -0.2) is 10.7 Å². The fourth-order valence-electron chi connectivity index (χ4n) is 2.00. The van der Waals surface area contributed by atoms with Gasteiger partial charge in [0.25, 0.3) is 0 Å². The zero-order valence-corrected chi connectivity index (χ0v) is 12.8. The number of fused-ring (bicyclic) bond motifs is 1. The molecule has 1 aromatic heterocycles. The van der Waals surface area contributed by atoms with Crippen LogP contribution in [0, 0.1) is 11.3 Å². The summed E-state index contributed by atoms with van der Waals surface area (Å²) in [6, 6.07) is 19.8. The second-order valence-electron chi connectivity index (χ2n) is 4.69. The van der Waals surface area contributed by atoms with E-state index in [4.69, 9.17) is 5.73 Å². The molecule has 2 aromatic carbocycles. The Labute approximate surface area is 131 Å². The molecule has 1 unspecified atom stereocenters. The molecule has 1 heterocycles. The number of nitrogens with two attached hydrogens (primary N) is 1. The van der Waals surface area contributed by atoms with Crippen LogP contribution in [0.15, 0.2) is 58.9 Å². The molecule has 0 aliphatic heterocycles. The number of hydrogen-bond donors (Lipinski definition) is 1. The summed E-state index contributed by atoms with van der Waals surface area (Å²) in [5.74, 6) is 0.479. The van der Waals surface area contributed by atoms with Crippen molar-refractivity contribution in [3.05, 3.63) is 60.2 Å². The number of thiazole rings is 1. The van der Waals surface area contributed by atoms with Gasteiger partial charge in [0.2, 0.25) is 0 Å². The number of hydrogen-bond acceptors (Lipinski definition) is 5. The van der Waals surface area contributed by atoms with Crippen molar-refractivity contribution in [2.24, 2.45) is 5.73 Å². The Balaban J connectivity index is 1.81. The molecule has 2 N–H and O–H groups in total. The molecule has 0 saturated heterocycles. The highest BCUT2D eigenvalue weighted by Gasteiger charge is 2.27. The summed E-state index contributed by atoms with van der Waals surface area (Å²) in [4.78, 5) is 4.56. The first-order valence-electron chi connectivity index (χ1n) is 6.45. The smallest absolute Gasteiger partial charge is 0.151 e. The number of thioether (sulfide) groups is 1. The van der Waals surface area contributed by atoms with E-state index in [2.05, 4.69) is 11.1 Å². The number of benzene rings is 2. The van der Waals surface area contributed by atoms with E-state index >= 15 is 0 Å². The van der Waals surface area contributed by atoms with E-state index in [-0.39, 0.29) is 0 Å². The molecule has 0 bridgehead atoms. The van der Waals surface area contributed by atoms with Crippen molar-refractivity contribution in [1.82, 2.24) is 4.98 Å². The molecule has 0 fully saturated rings. The molecule has 0 spiro atoms. The zero-order valence-electron chi connectivity index (χ0n) is 11.2. The highest BCUT2D eigenvalue weighted by Crippen LogP contribution is 2.33. The van der Waals surface area contributed by atoms with E-state index < -0.39 is 5.54 Å². The Morgan fingerprint density at radius 2 is 1.86 bits per heavy atom. The van der Waals surface area contributed by atoms with Crippen LogP contribution in [0.25, 0.3) is 10.2 Å². The Morgan fingerprint density at radius 3 is 2.57 bits per heavy atom. The fourth-order valence-corrected chi connectivity index (χ4v) is 4.13. The number of rotatable bonds is 4. The largest absolute Gasteiger partial charge is 0.309 e. The van der Waals surface area contributed by atoms with Crippen molar-refractivity contribution in [2.75, 3.05) is 5.75 Å². The van der Waals surface area contributed by atoms with Gasteiger partial charge in [-0.05, 0) is 17.7 Å². The minimum atomic E-state index is -0.996. The van der Waals surface area contributed by atoms with Crippen LogP contribution in [-0.2, 0) is 5.54 Å². The molecule has 104 valence electrons. The van der Waals surface area contributed by atoms with E-state index in [9.17, 15) is 5.26 Å². The quantitative estimate of drug-likeness (QED) is 0.745. The van der Waals surface area contributed by atoms with Crippen LogP contribution in [0.1, 0.15) is 5.56 Å². The molecular weight excluding hydrogens is 298 g/mol. The van der Waals surface area contributed by atoms with Gasteiger partial charge in [-0.15, -0.1) is 11.3 Å². The molecule has 3 rings (SSSR count). The Hall–Kier alpha value is -1.87. The first-order chi connectivity index (χ1) is 10.2. The third-order valence-electron chi connectivity index (χ3n) is 3.19. The summed E-state index contributed by atoms with van der Waals surface area (Å²) in [7, 11) is 0. The summed E-state index contributed by atoms with van der Waals surface area (Å²) in [6.45, 7) is 0. The SMILES string of the molecule is N#CC(N)(CSc1nc2ccccc2s1)c1ccccc1. The van der Waals surface area contributed by atoms with Crippen molar-refractivity contribution >= 4 is 33.3 Å². The van der Waals surface area contributed by atoms with Gasteiger partial charge in [-0.1, -0.05) is 54.2 Å². The number of nitriles is 1. The predicted octanol–water partition coefficient (Wildman–Crippen LogP) is 3.77. The summed E-state index contributed by atoms with van der Waals surface area (Å²) >= 11 is 3.16. The molecule has 0 radical (unpaired) electrons. The molecule has 0 saturated carbocycles. The van der Waals surface area contributed by atoms with E-state index in [0.29, 0.717) is 5.75 Å². The standard InChI is InChI=1S/C16H13N3S2/c17-10-16(18,12-6-2-1-3-7-12)11-20-15-19-13-8-4-5-9-14(13)21-15/h1-9H,11,18H2. The average Bonchev–Trinajstić information content (AvgIpc) is 2.96. The first-order valence-corrected chi connectivity index (χ1v) is 8.25. The van der Waals surface area contributed by atoms with Crippen LogP contribution < -0.4 is 5.73 Å². The molecular formula is C16H13N3S2. The normalized spacial score (nSPS) is 13.7. The minimum Gasteiger partial charge on any atom is -0.309 e. The van der Waals surface area contributed by atoms with Gasteiger partial charge < -0.3 is 5.73 Å². The van der Waals surface area contributed by atoms with Gasteiger partial charge in [0, 0.05) is 5.75 Å². The Kier molecular flexibility index (Phi) is 3.93. The van der Waals surface area contributed by atoms with Crippen LogP contribution in [0.3, 0.4) is 0 Å². The van der Waals surface area contributed by atoms with Gasteiger partial charge >= 0.3 is 0 Å². The second kappa shape index (κ2) is 5.86. The maximum Gasteiger partial charge on any atom is 0.151 e. The molecule has 3 nitrogen and oxygen atoms in total. The van der Waals surface area contributed by atoms with E-state index in [1.54, 1.807) is 11.3 Å². The Bertz CT molecular complexity index is 759. The molecule has 0 aliphatic carbocycles. The third-order valence-corrected chi connectivity index (χ3v) is 5.56. The monoisotopic (exact) mass is 311 g/mol. The fraction of sp³-hybridized carbons (Fsp3) is 0.125. The van der Waals surface area contributed by atoms with Gasteiger partial charge in [-0.25, -0.2) is 4.98 Å². The highest BCUT2D eigenvalue weighted by molar-refractivity contribution is 8.01. The maximum atomic E-state index is 9.45. The van der Waals surface area contributed by atoms with Crippen LogP contribution in [0.2, 0.25) is 0 Å². The Morgan fingerprint density at radius 1 is 1.14 bits per heavy atom. The maximum absolute atomic E-state index is 9.45. The van der Waals surface area contributed by atoms with Crippen LogP contribution in [0.5, 0.6) is 0 Å². The molecule has 21 heavy (non-hydrogen) atoms. The zero-order chi connectivity index (χ0) is 14.7. The molecule has 0 amide bonds. The lowest BCUT2D eigenvalue weighted by Gasteiger charge is -2.20. The van der Waals surface area contributed by atoms with Crippen molar-refractivity contribution in [3.8, 4) is 6.07 Å². The minimum absolute atomic E-state index is 0.479. The van der Waals surface area contributed by atoms with Crippen molar-refractivity contribution in [1.29, 1.82) is 5.26 Å². The van der Waals surface area contributed by atoms with E-state index in [1.807, 2.05) is 54.6 Å². The van der Waals surface area contributed by atoms with Gasteiger partial charge in [0.15, 0.2) is 4.34 Å². The predicted molar refractivity (Wildman–Crippen MR) is 88.3 cm³/mol. The topological polar surface area (TPSA) is 62.7 Å². The number of aromatic nitrogens is 1. The lowest BCUT2D eigenvalue weighted by molar-refractivity contribution is 0.659. The van der Waals surface area contributed by atoms with Gasteiger partial charge in [0.05, 0.1) is 16.3 Å². The van der Waals surface area contributed by atoms with Crippen molar-refractivity contribution < 1.29 is 0 Å². The van der Waals surface area contributed by atoms with Gasteiger partial charge in [-0.3, -0.25) is 0 Å². The summed E-state index contributed by atoms with van der Waals surface area (Å²) < 4.78 is 2.09.